The van der Waals surface area contributed by atoms with Gasteiger partial charge in [-0.2, -0.15) is 0 Å². The van der Waals surface area contributed by atoms with Crippen molar-refractivity contribution in [3.8, 4) is 0 Å². The van der Waals surface area contributed by atoms with Gasteiger partial charge in [0, 0.05) is 0 Å². The minimum absolute atomic E-state index is 0.00470. The molecule has 1 N–H and O–H groups in total. The molecule has 0 saturated heterocycles. The van der Waals surface area contributed by atoms with Crippen LogP contribution in [0.3, 0.4) is 0 Å². The molecule has 0 radical (unpaired) electrons. The third-order valence-electron chi connectivity index (χ3n) is 3.37. The molecule has 0 aliphatic rings. The van der Waals surface area contributed by atoms with E-state index in [0.29, 0.717) is 6.42 Å². The van der Waals surface area contributed by atoms with Gasteiger partial charge in [0.15, 0.2) is 0 Å². The average molecular weight is 200 g/mol. The number of aliphatic carboxylic acids is 1. The molecule has 0 amide bonds. The van der Waals surface area contributed by atoms with Gasteiger partial charge >= 0.3 is 5.97 Å². The lowest BCUT2D eigenvalue weighted by Gasteiger charge is -2.27. The van der Waals surface area contributed by atoms with E-state index in [9.17, 15) is 4.79 Å². The van der Waals surface area contributed by atoms with E-state index >= 15 is 0 Å². The van der Waals surface area contributed by atoms with Gasteiger partial charge in [-0.25, -0.2) is 0 Å². The second-order valence-corrected chi connectivity index (χ2v) is 4.79. The number of carboxylic acids is 1. The van der Waals surface area contributed by atoms with Crippen molar-refractivity contribution in [2.45, 2.75) is 59.8 Å². The van der Waals surface area contributed by atoms with Crippen molar-refractivity contribution in [1.29, 1.82) is 0 Å². The van der Waals surface area contributed by atoms with E-state index in [2.05, 4.69) is 27.7 Å². The first-order valence-electron chi connectivity index (χ1n) is 5.65. The Bertz CT molecular complexity index is 177. The molecule has 0 bridgehead atoms. The smallest absolute Gasteiger partial charge is 0.303 e. The predicted molar refractivity (Wildman–Crippen MR) is 59.3 cm³/mol. The molecule has 0 aliphatic carbocycles. The molecule has 0 aromatic carbocycles. The van der Waals surface area contributed by atoms with Crippen molar-refractivity contribution in [3.63, 3.8) is 0 Å². The van der Waals surface area contributed by atoms with Gasteiger partial charge < -0.3 is 5.11 Å². The van der Waals surface area contributed by atoms with Gasteiger partial charge in [-0.3, -0.25) is 4.79 Å². The van der Waals surface area contributed by atoms with E-state index in [0.717, 1.165) is 25.2 Å². The molecule has 0 heterocycles. The third-order valence-corrected chi connectivity index (χ3v) is 3.37. The van der Waals surface area contributed by atoms with Crippen LogP contribution in [-0.2, 0) is 4.79 Å². The van der Waals surface area contributed by atoms with Crippen LogP contribution in [0.4, 0.5) is 0 Å². The van der Waals surface area contributed by atoms with E-state index < -0.39 is 5.97 Å². The van der Waals surface area contributed by atoms with Crippen LogP contribution >= 0.6 is 0 Å². The summed E-state index contributed by atoms with van der Waals surface area (Å²) in [5.74, 6) is 0.0492. The molecule has 84 valence electrons. The zero-order chi connectivity index (χ0) is 11.2. The molecule has 0 saturated carbocycles. The molecule has 0 aromatic heterocycles. The summed E-state index contributed by atoms with van der Waals surface area (Å²) in [4.78, 5) is 10.7. The third kappa shape index (κ3) is 5.25. The fourth-order valence-electron chi connectivity index (χ4n) is 1.55. The number of carboxylic acid groups (broad SMARTS) is 1. The van der Waals surface area contributed by atoms with Crippen LogP contribution in [0.1, 0.15) is 59.8 Å². The predicted octanol–water partition coefficient (Wildman–Crippen LogP) is 3.70. The highest BCUT2D eigenvalue weighted by Gasteiger charge is 2.25. The average Bonchev–Trinajstić information content (AvgIpc) is 2.13. The van der Waals surface area contributed by atoms with Crippen molar-refractivity contribution in [1.82, 2.24) is 0 Å². The molecular weight excluding hydrogens is 176 g/mol. The summed E-state index contributed by atoms with van der Waals surface area (Å²) < 4.78 is 0. The number of carbonyl (C=O) groups is 1. The molecular formula is C12H24O2. The quantitative estimate of drug-likeness (QED) is 0.680. The lowest BCUT2D eigenvalue weighted by Crippen LogP contribution is -2.20. The fourth-order valence-corrected chi connectivity index (χ4v) is 1.55. The Morgan fingerprint density at radius 2 is 2.00 bits per heavy atom. The molecule has 0 spiro atoms. The van der Waals surface area contributed by atoms with Crippen molar-refractivity contribution in [2.75, 3.05) is 0 Å². The van der Waals surface area contributed by atoms with Crippen molar-refractivity contribution in [2.24, 2.45) is 11.3 Å². The molecule has 2 heteroatoms. The van der Waals surface area contributed by atoms with Crippen LogP contribution in [0.2, 0.25) is 0 Å². The van der Waals surface area contributed by atoms with Gasteiger partial charge in [0.1, 0.15) is 0 Å². The van der Waals surface area contributed by atoms with Crippen LogP contribution in [0.5, 0.6) is 0 Å². The summed E-state index contributed by atoms with van der Waals surface area (Å²) in [7, 11) is 0. The van der Waals surface area contributed by atoms with Crippen LogP contribution in [0.25, 0.3) is 0 Å². The van der Waals surface area contributed by atoms with Gasteiger partial charge in [0.2, 0.25) is 0 Å². The Hall–Kier alpha value is -0.530. The summed E-state index contributed by atoms with van der Waals surface area (Å²) in [6.45, 7) is 8.59. The van der Waals surface area contributed by atoms with Crippen molar-refractivity contribution >= 4 is 5.97 Å². The largest absolute Gasteiger partial charge is 0.481 e. The standard InChI is InChI=1S/C12H24O2/c1-5-10(3)7-8-12(4,6-2)9-11(13)14/h10H,5-9H2,1-4H3,(H,13,14). The fraction of sp³-hybridized carbons (Fsp3) is 0.917. The van der Waals surface area contributed by atoms with Gasteiger partial charge in [-0.05, 0) is 17.8 Å². The molecule has 14 heavy (non-hydrogen) atoms. The first-order valence-corrected chi connectivity index (χ1v) is 5.65. The van der Waals surface area contributed by atoms with Gasteiger partial charge in [0.25, 0.3) is 0 Å². The highest BCUT2D eigenvalue weighted by atomic mass is 16.4. The zero-order valence-electron chi connectivity index (χ0n) is 9.97. The Balaban J connectivity index is 4.04. The molecule has 0 aromatic rings. The molecule has 0 fully saturated rings. The van der Waals surface area contributed by atoms with E-state index in [1.807, 2.05) is 0 Å². The van der Waals surface area contributed by atoms with Gasteiger partial charge in [-0.15, -0.1) is 0 Å². The lowest BCUT2D eigenvalue weighted by molar-refractivity contribution is -0.139. The minimum Gasteiger partial charge on any atom is -0.481 e. The first-order chi connectivity index (χ1) is 6.43. The lowest BCUT2D eigenvalue weighted by atomic mass is 9.78. The Morgan fingerprint density at radius 3 is 2.36 bits per heavy atom. The second kappa shape index (κ2) is 6.05. The van der Waals surface area contributed by atoms with E-state index in [1.165, 1.54) is 6.42 Å². The summed E-state index contributed by atoms with van der Waals surface area (Å²) in [5.41, 5.74) is -0.00470. The van der Waals surface area contributed by atoms with Gasteiger partial charge in [0.05, 0.1) is 6.42 Å². The maximum atomic E-state index is 10.7. The molecule has 2 unspecified atom stereocenters. The summed E-state index contributed by atoms with van der Waals surface area (Å²) in [6.07, 6.45) is 4.63. The van der Waals surface area contributed by atoms with Crippen LogP contribution in [-0.4, -0.2) is 11.1 Å². The molecule has 2 nitrogen and oxygen atoms in total. The van der Waals surface area contributed by atoms with Crippen LogP contribution in [0.15, 0.2) is 0 Å². The topological polar surface area (TPSA) is 37.3 Å². The SMILES string of the molecule is CCC(C)CCC(C)(CC)CC(=O)O. The Kier molecular flexibility index (Phi) is 5.82. The maximum absolute atomic E-state index is 10.7. The Morgan fingerprint density at radius 1 is 1.43 bits per heavy atom. The summed E-state index contributed by atoms with van der Waals surface area (Å²) >= 11 is 0. The van der Waals surface area contributed by atoms with Gasteiger partial charge in [-0.1, -0.05) is 47.0 Å². The first kappa shape index (κ1) is 13.5. The highest BCUT2D eigenvalue weighted by molar-refractivity contribution is 5.67. The summed E-state index contributed by atoms with van der Waals surface area (Å²) in [6, 6.07) is 0. The van der Waals surface area contributed by atoms with Crippen LogP contribution < -0.4 is 0 Å². The maximum Gasteiger partial charge on any atom is 0.303 e. The highest BCUT2D eigenvalue weighted by Crippen LogP contribution is 2.33. The van der Waals surface area contributed by atoms with Crippen molar-refractivity contribution in [3.05, 3.63) is 0 Å². The number of hydrogen-bond acceptors (Lipinski definition) is 1. The minimum atomic E-state index is -0.668. The Labute approximate surface area is 87.7 Å². The van der Waals surface area contributed by atoms with Crippen molar-refractivity contribution < 1.29 is 9.90 Å². The van der Waals surface area contributed by atoms with E-state index in [4.69, 9.17) is 5.11 Å². The summed E-state index contributed by atoms with van der Waals surface area (Å²) in [5, 5.41) is 8.80. The van der Waals surface area contributed by atoms with Crippen LogP contribution in [0, 0.1) is 11.3 Å². The molecule has 0 rings (SSSR count). The second-order valence-electron chi connectivity index (χ2n) is 4.79. The normalized spacial score (nSPS) is 17.4. The monoisotopic (exact) mass is 200 g/mol. The number of hydrogen-bond donors (Lipinski definition) is 1. The zero-order valence-corrected chi connectivity index (χ0v) is 9.97. The van der Waals surface area contributed by atoms with E-state index in [-0.39, 0.29) is 5.41 Å². The molecule has 0 aliphatic heterocycles. The van der Waals surface area contributed by atoms with E-state index in [1.54, 1.807) is 0 Å². The molecule has 2 atom stereocenters. The number of rotatable bonds is 7.